The van der Waals surface area contributed by atoms with Crippen LogP contribution in [0.5, 0.6) is 0 Å². The van der Waals surface area contributed by atoms with Crippen molar-refractivity contribution in [3.05, 3.63) is 59.7 Å². The van der Waals surface area contributed by atoms with Crippen molar-refractivity contribution in [2.45, 2.75) is 45.2 Å². The number of nitrogens with zero attached hydrogens (tertiary/aromatic N) is 1. The Morgan fingerprint density at radius 1 is 1.09 bits per heavy atom. The summed E-state index contributed by atoms with van der Waals surface area (Å²) < 4.78 is 5.52. The van der Waals surface area contributed by atoms with Crippen molar-refractivity contribution in [1.29, 1.82) is 0 Å². The second-order valence-corrected chi connectivity index (χ2v) is 9.33. The van der Waals surface area contributed by atoms with Gasteiger partial charge in [-0.05, 0) is 29.2 Å². The number of amides is 2. The molecule has 0 spiro atoms. The van der Waals surface area contributed by atoms with Gasteiger partial charge in [-0.25, -0.2) is 9.59 Å². The van der Waals surface area contributed by atoms with E-state index in [0.717, 1.165) is 22.3 Å². The molecule has 2 amide bonds. The SMILES string of the molecule is CC(CC(=O)N1CC(C)(C)C1C(=O)O)NC(=O)OCC1c2ccccc2-c2ccccc21. The van der Waals surface area contributed by atoms with Gasteiger partial charge in [-0.2, -0.15) is 0 Å². The summed E-state index contributed by atoms with van der Waals surface area (Å²) in [6.45, 7) is 5.95. The molecular formula is C25H28N2O5. The lowest BCUT2D eigenvalue weighted by atomic mass is 9.74. The van der Waals surface area contributed by atoms with Crippen LogP contribution in [0, 0.1) is 5.41 Å². The molecule has 2 unspecified atom stereocenters. The van der Waals surface area contributed by atoms with Crippen LogP contribution in [0.4, 0.5) is 4.79 Å². The first-order valence-electron chi connectivity index (χ1n) is 10.8. The summed E-state index contributed by atoms with van der Waals surface area (Å²) in [6, 6.07) is 14.9. The fraction of sp³-hybridized carbons (Fsp3) is 0.400. The number of carboxylic acid groups (broad SMARTS) is 1. The molecule has 0 aromatic heterocycles. The normalized spacial score (nSPS) is 19.3. The quantitative estimate of drug-likeness (QED) is 0.721. The first-order valence-corrected chi connectivity index (χ1v) is 10.8. The largest absolute Gasteiger partial charge is 0.480 e. The summed E-state index contributed by atoms with van der Waals surface area (Å²) >= 11 is 0. The third kappa shape index (κ3) is 3.95. The molecule has 4 rings (SSSR count). The molecule has 1 aliphatic heterocycles. The highest BCUT2D eigenvalue weighted by atomic mass is 16.5. The summed E-state index contributed by atoms with van der Waals surface area (Å²) in [5.74, 6) is -1.33. The van der Waals surface area contributed by atoms with Crippen LogP contribution >= 0.6 is 0 Å². The Morgan fingerprint density at radius 2 is 1.66 bits per heavy atom. The Bertz CT molecular complexity index is 1020. The number of ether oxygens (including phenoxy) is 1. The number of likely N-dealkylation sites (tertiary alicyclic amines) is 1. The van der Waals surface area contributed by atoms with Crippen LogP contribution in [0.25, 0.3) is 11.1 Å². The van der Waals surface area contributed by atoms with E-state index in [1.54, 1.807) is 6.92 Å². The van der Waals surface area contributed by atoms with Crippen LogP contribution in [-0.2, 0) is 14.3 Å². The lowest BCUT2D eigenvalue weighted by Gasteiger charge is -2.51. The van der Waals surface area contributed by atoms with Gasteiger partial charge in [0.2, 0.25) is 5.91 Å². The van der Waals surface area contributed by atoms with Gasteiger partial charge in [0.05, 0.1) is 0 Å². The smallest absolute Gasteiger partial charge is 0.407 e. The van der Waals surface area contributed by atoms with Crippen LogP contribution in [0.2, 0.25) is 0 Å². The number of carbonyl (C=O) groups excluding carboxylic acids is 2. The maximum Gasteiger partial charge on any atom is 0.407 e. The summed E-state index contributed by atoms with van der Waals surface area (Å²) in [5.41, 5.74) is 4.11. The lowest BCUT2D eigenvalue weighted by molar-refractivity contribution is -0.172. The van der Waals surface area contributed by atoms with Gasteiger partial charge in [0.1, 0.15) is 12.6 Å². The third-order valence-electron chi connectivity index (χ3n) is 6.37. The van der Waals surface area contributed by atoms with Gasteiger partial charge in [0.25, 0.3) is 0 Å². The van der Waals surface area contributed by atoms with Crippen LogP contribution in [-0.4, -0.2) is 53.2 Å². The zero-order chi connectivity index (χ0) is 23.0. The van der Waals surface area contributed by atoms with E-state index in [9.17, 15) is 19.5 Å². The highest BCUT2D eigenvalue weighted by Crippen LogP contribution is 2.44. The van der Waals surface area contributed by atoms with Crippen molar-refractivity contribution in [2.24, 2.45) is 5.41 Å². The highest BCUT2D eigenvalue weighted by Gasteiger charge is 2.52. The predicted molar refractivity (Wildman–Crippen MR) is 119 cm³/mol. The fourth-order valence-electron chi connectivity index (χ4n) is 4.90. The number of hydrogen-bond acceptors (Lipinski definition) is 4. The average molecular weight is 437 g/mol. The van der Waals surface area contributed by atoms with Crippen molar-refractivity contribution in [1.82, 2.24) is 10.2 Å². The summed E-state index contributed by atoms with van der Waals surface area (Å²) in [7, 11) is 0. The zero-order valence-electron chi connectivity index (χ0n) is 18.5. The van der Waals surface area contributed by atoms with E-state index in [-0.39, 0.29) is 24.9 Å². The van der Waals surface area contributed by atoms with E-state index >= 15 is 0 Å². The molecule has 2 atom stereocenters. The Kier molecular flexibility index (Phi) is 5.67. The number of carboxylic acids is 1. The molecule has 1 aliphatic carbocycles. The second kappa shape index (κ2) is 8.30. The maximum atomic E-state index is 12.5. The average Bonchev–Trinajstić information content (AvgIpc) is 3.04. The van der Waals surface area contributed by atoms with Crippen molar-refractivity contribution in [3.63, 3.8) is 0 Å². The lowest BCUT2D eigenvalue weighted by Crippen LogP contribution is -2.67. The Balaban J connectivity index is 1.32. The van der Waals surface area contributed by atoms with E-state index in [4.69, 9.17) is 4.74 Å². The van der Waals surface area contributed by atoms with E-state index in [0.29, 0.717) is 6.54 Å². The van der Waals surface area contributed by atoms with Gasteiger partial charge < -0.3 is 20.1 Å². The summed E-state index contributed by atoms with van der Waals surface area (Å²) in [6.07, 6.45) is -0.574. The predicted octanol–water partition coefficient (Wildman–Crippen LogP) is 3.63. The number of nitrogens with one attached hydrogen (secondary N) is 1. The summed E-state index contributed by atoms with van der Waals surface area (Å²) in [4.78, 5) is 37.8. The monoisotopic (exact) mass is 436 g/mol. The van der Waals surface area contributed by atoms with Crippen molar-refractivity contribution in [3.8, 4) is 11.1 Å². The minimum Gasteiger partial charge on any atom is -0.480 e. The number of aliphatic carboxylic acids is 1. The van der Waals surface area contributed by atoms with Crippen LogP contribution in [0.3, 0.4) is 0 Å². The van der Waals surface area contributed by atoms with Gasteiger partial charge in [-0.3, -0.25) is 4.79 Å². The molecule has 168 valence electrons. The first-order chi connectivity index (χ1) is 15.2. The van der Waals surface area contributed by atoms with Crippen molar-refractivity contribution < 1.29 is 24.2 Å². The third-order valence-corrected chi connectivity index (χ3v) is 6.37. The molecule has 1 heterocycles. The van der Waals surface area contributed by atoms with Gasteiger partial charge >= 0.3 is 12.1 Å². The molecule has 0 saturated carbocycles. The molecule has 32 heavy (non-hydrogen) atoms. The minimum absolute atomic E-state index is 0.0179. The number of hydrogen-bond donors (Lipinski definition) is 2. The molecule has 1 saturated heterocycles. The molecule has 2 N–H and O–H groups in total. The molecular weight excluding hydrogens is 408 g/mol. The standard InChI is InChI=1S/C25H28N2O5/c1-15(12-21(28)27-14-25(2,3)22(27)23(29)30)26-24(31)32-13-20-18-10-6-4-8-16(18)17-9-5-7-11-19(17)20/h4-11,15,20,22H,12-14H2,1-3H3,(H,26,31)(H,29,30). The Morgan fingerprint density at radius 3 is 2.19 bits per heavy atom. The van der Waals surface area contributed by atoms with Crippen molar-refractivity contribution >= 4 is 18.0 Å². The van der Waals surface area contributed by atoms with Crippen molar-refractivity contribution in [2.75, 3.05) is 13.2 Å². The topological polar surface area (TPSA) is 95.9 Å². The molecule has 2 aliphatic rings. The molecule has 2 aromatic rings. The van der Waals surface area contributed by atoms with E-state index in [2.05, 4.69) is 29.6 Å². The van der Waals surface area contributed by atoms with Crippen LogP contribution < -0.4 is 5.32 Å². The maximum absolute atomic E-state index is 12.5. The van der Waals surface area contributed by atoms with Crippen LogP contribution in [0.1, 0.15) is 44.2 Å². The first kappa shape index (κ1) is 21.9. The second-order valence-electron chi connectivity index (χ2n) is 9.33. The molecule has 0 bridgehead atoms. The zero-order valence-corrected chi connectivity index (χ0v) is 18.5. The molecule has 0 radical (unpaired) electrons. The van der Waals surface area contributed by atoms with Gasteiger partial charge in [-0.1, -0.05) is 62.4 Å². The Hall–Kier alpha value is -3.35. The molecule has 7 nitrogen and oxygen atoms in total. The number of rotatable bonds is 6. The van der Waals surface area contributed by atoms with E-state index in [1.807, 2.05) is 38.1 Å². The van der Waals surface area contributed by atoms with E-state index < -0.39 is 29.6 Å². The van der Waals surface area contributed by atoms with Gasteiger partial charge in [-0.15, -0.1) is 0 Å². The highest BCUT2D eigenvalue weighted by molar-refractivity contribution is 5.87. The number of fused-ring (bicyclic) bond motifs is 3. The fourth-order valence-corrected chi connectivity index (χ4v) is 4.90. The Labute approximate surface area is 187 Å². The summed E-state index contributed by atoms with van der Waals surface area (Å²) in [5, 5.41) is 12.1. The number of alkyl carbamates (subject to hydrolysis) is 1. The number of carbonyl (C=O) groups is 3. The molecule has 1 fully saturated rings. The number of benzene rings is 2. The molecule has 2 aromatic carbocycles. The van der Waals surface area contributed by atoms with Crippen LogP contribution in [0.15, 0.2) is 48.5 Å². The van der Waals surface area contributed by atoms with E-state index in [1.165, 1.54) is 4.90 Å². The van der Waals surface area contributed by atoms with Gasteiger partial charge in [0, 0.05) is 30.3 Å². The minimum atomic E-state index is -1.01. The van der Waals surface area contributed by atoms with Gasteiger partial charge in [0.15, 0.2) is 0 Å². The molecule has 7 heteroatoms.